The molecule has 0 saturated heterocycles. The highest BCUT2D eigenvalue weighted by Crippen LogP contribution is 2.40. The maximum Gasteiger partial charge on any atom is 0.490 e. The number of carbonyl (C=O) groups is 4. The average molecular weight is 611 g/mol. The molecule has 10 nitrogen and oxygen atoms in total. The molecule has 0 bridgehead atoms. The minimum atomic E-state index is -5.08. The van der Waals surface area contributed by atoms with Gasteiger partial charge >= 0.3 is 12.1 Å². The number of benzene rings is 3. The zero-order chi connectivity index (χ0) is 31.4. The molecule has 1 aliphatic carbocycles. The van der Waals surface area contributed by atoms with E-state index in [1.165, 1.54) is 11.1 Å². The second kappa shape index (κ2) is 12.8. The maximum absolute atomic E-state index is 12.8. The number of aliphatic carboxylic acids is 1. The van der Waals surface area contributed by atoms with Gasteiger partial charge in [-0.3, -0.25) is 14.4 Å². The van der Waals surface area contributed by atoms with E-state index in [0.717, 1.165) is 43.6 Å². The summed E-state index contributed by atoms with van der Waals surface area (Å²) >= 11 is 0. The molecule has 2 aliphatic heterocycles. The normalized spacial score (nSPS) is 17.0. The summed E-state index contributed by atoms with van der Waals surface area (Å²) in [6.45, 7) is 2.11. The van der Waals surface area contributed by atoms with Crippen LogP contribution < -0.4 is 26.0 Å². The summed E-state index contributed by atoms with van der Waals surface area (Å²) in [5, 5.41) is 19.2. The minimum Gasteiger partial charge on any atom is -0.478 e. The number of rotatable bonds is 6. The standard InChI is InChI=1S/C29H28N4O4.C2HF3O2/c34-27(21-8-10-24-25(14-21)37-26(19-5-6-19)29(36)33-24)31-15-17-1-3-20(4-2-17)28(35)32-23-9-7-18-11-12-30-16-22(18)13-23;3-2(4,5)1(6)7/h1-4,7-10,13-14,19,26,30H,5-6,11-12,15-16H2,(H,31,34)(H,32,35)(H,33,36);(H,6,7). The molecule has 1 saturated carbocycles. The summed E-state index contributed by atoms with van der Waals surface area (Å²) in [6, 6.07) is 18.2. The van der Waals surface area contributed by atoms with Gasteiger partial charge in [0.25, 0.3) is 17.7 Å². The number of fused-ring (bicyclic) bond motifs is 2. The third-order valence-corrected chi connectivity index (χ3v) is 7.33. The van der Waals surface area contributed by atoms with Crippen LogP contribution in [-0.2, 0) is 29.1 Å². The van der Waals surface area contributed by atoms with Crippen LogP contribution >= 0.6 is 0 Å². The first-order valence-corrected chi connectivity index (χ1v) is 13.9. The number of hydrogen-bond acceptors (Lipinski definition) is 6. The molecule has 2 heterocycles. The first kappa shape index (κ1) is 30.5. The van der Waals surface area contributed by atoms with Gasteiger partial charge in [0.05, 0.1) is 5.69 Å². The van der Waals surface area contributed by atoms with E-state index in [4.69, 9.17) is 14.6 Å². The Morgan fingerprint density at radius 1 is 0.932 bits per heavy atom. The number of nitrogens with one attached hydrogen (secondary N) is 4. The number of carbonyl (C=O) groups excluding carboxylic acids is 3. The summed E-state index contributed by atoms with van der Waals surface area (Å²) in [6.07, 6.45) is -2.59. The monoisotopic (exact) mass is 610 g/mol. The van der Waals surface area contributed by atoms with Crippen molar-refractivity contribution in [2.75, 3.05) is 17.2 Å². The number of alkyl halides is 3. The fourth-order valence-corrected chi connectivity index (χ4v) is 4.79. The predicted octanol–water partition coefficient (Wildman–Crippen LogP) is 4.26. The fraction of sp³-hybridized carbons (Fsp3) is 0.290. The number of halogens is 3. The molecule has 0 spiro atoms. The second-order valence-corrected chi connectivity index (χ2v) is 10.6. The fourth-order valence-electron chi connectivity index (χ4n) is 4.79. The van der Waals surface area contributed by atoms with Gasteiger partial charge < -0.3 is 31.1 Å². The third kappa shape index (κ3) is 7.53. The summed E-state index contributed by atoms with van der Waals surface area (Å²) < 4.78 is 37.6. The van der Waals surface area contributed by atoms with Crippen LogP contribution in [0, 0.1) is 5.92 Å². The SMILES string of the molecule is O=C(NCc1ccc(C(=O)Nc2ccc3c(c2)CNCC3)cc1)c1ccc2c(c1)OC(C1CC1)C(=O)N2.O=C(O)C(F)(F)F. The Labute approximate surface area is 250 Å². The van der Waals surface area contributed by atoms with Crippen molar-refractivity contribution < 1.29 is 42.2 Å². The van der Waals surface area contributed by atoms with Crippen molar-refractivity contribution in [2.24, 2.45) is 5.92 Å². The predicted molar refractivity (Wildman–Crippen MR) is 153 cm³/mol. The number of carboxylic acids is 1. The third-order valence-electron chi connectivity index (χ3n) is 7.33. The Morgan fingerprint density at radius 2 is 1.64 bits per heavy atom. The largest absolute Gasteiger partial charge is 0.490 e. The molecule has 3 aromatic carbocycles. The van der Waals surface area contributed by atoms with Gasteiger partial charge in [0.1, 0.15) is 5.75 Å². The van der Waals surface area contributed by atoms with Gasteiger partial charge in [-0.2, -0.15) is 13.2 Å². The number of carboxylic acid groups (broad SMARTS) is 1. The molecule has 0 aromatic heterocycles. The quantitative estimate of drug-likeness (QED) is 0.281. The van der Waals surface area contributed by atoms with E-state index in [9.17, 15) is 27.6 Å². The topological polar surface area (TPSA) is 146 Å². The molecule has 5 N–H and O–H groups in total. The lowest BCUT2D eigenvalue weighted by Crippen LogP contribution is -2.38. The van der Waals surface area contributed by atoms with E-state index < -0.39 is 18.2 Å². The summed E-state index contributed by atoms with van der Waals surface area (Å²) in [5.41, 5.74) is 5.78. The van der Waals surface area contributed by atoms with Crippen molar-refractivity contribution in [2.45, 2.75) is 44.6 Å². The van der Waals surface area contributed by atoms with Crippen molar-refractivity contribution in [3.05, 3.63) is 88.5 Å². The average Bonchev–Trinajstić information content (AvgIpc) is 3.85. The Bertz CT molecular complexity index is 1590. The molecule has 44 heavy (non-hydrogen) atoms. The molecule has 0 radical (unpaired) electrons. The summed E-state index contributed by atoms with van der Waals surface area (Å²) in [5.74, 6) is -2.52. The van der Waals surface area contributed by atoms with Gasteiger partial charge in [0.2, 0.25) is 0 Å². The van der Waals surface area contributed by atoms with Crippen LogP contribution in [0.5, 0.6) is 5.75 Å². The molecular formula is C31H29F3N4O6. The van der Waals surface area contributed by atoms with Gasteiger partial charge in [0, 0.05) is 35.8 Å². The Hall–Kier alpha value is -4.91. The van der Waals surface area contributed by atoms with E-state index in [-0.39, 0.29) is 23.6 Å². The number of amides is 3. The van der Waals surface area contributed by atoms with Crippen LogP contribution in [0.3, 0.4) is 0 Å². The maximum atomic E-state index is 12.8. The highest BCUT2D eigenvalue weighted by atomic mass is 19.4. The highest BCUT2D eigenvalue weighted by Gasteiger charge is 2.41. The molecule has 3 aromatic rings. The molecule has 230 valence electrons. The zero-order valence-electron chi connectivity index (χ0n) is 23.3. The first-order valence-electron chi connectivity index (χ1n) is 13.9. The van der Waals surface area contributed by atoms with Gasteiger partial charge in [-0.15, -0.1) is 0 Å². The lowest BCUT2D eigenvalue weighted by molar-refractivity contribution is -0.192. The van der Waals surface area contributed by atoms with Crippen LogP contribution in [0.15, 0.2) is 60.7 Å². The second-order valence-electron chi connectivity index (χ2n) is 10.6. The first-order chi connectivity index (χ1) is 21.0. The Balaban J connectivity index is 0.000000493. The molecule has 1 atom stereocenters. The van der Waals surface area contributed by atoms with Gasteiger partial charge in [-0.25, -0.2) is 4.79 Å². The van der Waals surface area contributed by atoms with Crippen LogP contribution in [0.25, 0.3) is 0 Å². The Kier molecular flexibility index (Phi) is 8.86. The lowest BCUT2D eigenvalue weighted by Gasteiger charge is -2.26. The summed E-state index contributed by atoms with van der Waals surface area (Å²) in [4.78, 5) is 46.5. The van der Waals surface area contributed by atoms with E-state index in [2.05, 4.69) is 27.3 Å². The van der Waals surface area contributed by atoms with Gasteiger partial charge in [0.15, 0.2) is 6.10 Å². The van der Waals surface area contributed by atoms with Crippen molar-refractivity contribution in [3.8, 4) is 5.75 Å². The van der Waals surface area contributed by atoms with Crippen LogP contribution in [0.1, 0.15) is 50.2 Å². The highest BCUT2D eigenvalue weighted by molar-refractivity contribution is 6.04. The zero-order valence-corrected chi connectivity index (χ0v) is 23.3. The van der Waals surface area contributed by atoms with Crippen molar-refractivity contribution in [1.82, 2.24) is 10.6 Å². The van der Waals surface area contributed by atoms with E-state index >= 15 is 0 Å². The smallest absolute Gasteiger partial charge is 0.478 e. The summed E-state index contributed by atoms with van der Waals surface area (Å²) in [7, 11) is 0. The molecule has 6 rings (SSSR count). The van der Waals surface area contributed by atoms with E-state index in [1.54, 1.807) is 30.3 Å². The van der Waals surface area contributed by atoms with E-state index in [1.807, 2.05) is 24.3 Å². The van der Waals surface area contributed by atoms with Crippen molar-refractivity contribution >= 4 is 35.1 Å². The van der Waals surface area contributed by atoms with Crippen molar-refractivity contribution in [3.63, 3.8) is 0 Å². The van der Waals surface area contributed by atoms with Crippen LogP contribution in [0.2, 0.25) is 0 Å². The van der Waals surface area contributed by atoms with Crippen LogP contribution in [0.4, 0.5) is 24.5 Å². The minimum absolute atomic E-state index is 0.121. The van der Waals surface area contributed by atoms with Gasteiger partial charge in [-0.1, -0.05) is 18.2 Å². The lowest BCUT2D eigenvalue weighted by atomic mass is 10.0. The molecule has 3 amide bonds. The molecule has 13 heteroatoms. The van der Waals surface area contributed by atoms with Crippen molar-refractivity contribution in [1.29, 1.82) is 0 Å². The molecular weight excluding hydrogens is 581 g/mol. The molecule has 1 fully saturated rings. The Morgan fingerprint density at radius 3 is 2.32 bits per heavy atom. The number of hydrogen-bond donors (Lipinski definition) is 5. The molecule has 1 unspecified atom stereocenters. The van der Waals surface area contributed by atoms with Gasteiger partial charge in [-0.05, 0) is 85.0 Å². The number of ether oxygens (including phenoxy) is 1. The van der Waals surface area contributed by atoms with E-state index in [0.29, 0.717) is 29.1 Å². The number of anilines is 2. The molecule has 3 aliphatic rings. The van der Waals surface area contributed by atoms with Crippen LogP contribution in [-0.4, -0.2) is 47.6 Å².